The molecule has 19 heavy (non-hydrogen) atoms. The Bertz CT molecular complexity index is 285. The van der Waals surface area contributed by atoms with Gasteiger partial charge in [0.1, 0.15) is 0 Å². The molecular weight excluding hydrogens is 255 g/mol. The molecule has 3 unspecified atom stereocenters. The van der Waals surface area contributed by atoms with E-state index in [1.807, 2.05) is 0 Å². The third-order valence-corrected chi connectivity index (χ3v) is 4.16. The summed E-state index contributed by atoms with van der Waals surface area (Å²) in [6, 6.07) is 0. The molecule has 0 amide bonds. The fraction of sp³-hybridized carbons (Fsp3) is 1.00. The molecule has 0 bridgehead atoms. The molecule has 1 rings (SSSR count). The monoisotopic (exact) mass is 281 g/mol. The fourth-order valence-electron chi connectivity index (χ4n) is 3.00. The molecule has 0 aromatic rings. The SMILES string of the molecule is CN(CC1CC(C(C)(C)C)CCC1O)CC(F)(F)F. The molecule has 1 saturated carbocycles. The number of aliphatic hydroxyl groups excluding tert-OH is 1. The van der Waals surface area contributed by atoms with Crippen molar-refractivity contribution < 1.29 is 18.3 Å². The van der Waals surface area contributed by atoms with Gasteiger partial charge in [0.25, 0.3) is 0 Å². The van der Waals surface area contributed by atoms with Gasteiger partial charge in [0, 0.05) is 6.54 Å². The third kappa shape index (κ3) is 5.69. The van der Waals surface area contributed by atoms with E-state index in [-0.39, 0.29) is 11.3 Å². The van der Waals surface area contributed by atoms with Gasteiger partial charge in [0.2, 0.25) is 0 Å². The minimum Gasteiger partial charge on any atom is -0.393 e. The predicted molar refractivity (Wildman–Crippen MR) is 69.8 cm³/mol. The number of rotatable bonds is 3. The molecule has 0 heterocycles. The lowest BCUT2D eigenvalue weighted by molar-refractivity contribution is -0.146. The molecule has 2 nitrogen and oxygen atoms in total. The molecule has 5 heteroatoms. The first-order chi connectivity index (χ1) is 8.49. The van der Waals surface area contributed by atoms with E-state index in [1.54, 1.807) is 0 Å². The molecule has 0 aliphatic heterocycles. The van der Waals surface area contributed by atoms with Crippen molar-refractivity contribution in [3.05, 3.63) is 0 Å². The summed E-state index contributed by atoms with van der Waals surface area (Å²) in [5.41, 5.74) is 0.154. The van der Waals surface area contributed by atoms with Crippen molar-refractivity contribution in [2.24, 2.45) is 17.3 Å². The van der Waals surface area contributed by atoms with E-state index in [2.05, 4.69) is 20.8 Å². The zero-order chi connectivity index (χ0) is 14.8. The van der Waals surface area contributed by atoms with Gasteiger partial charge in [-0.3, -0.25) is 4.90 Å². The molecule has 1 aliphatic carbocycles. The van der Waals surface area contributed by atoms with Crippen LogP contribution in [-0.4, -0.2) is 42.4 Å². The molecule has 0 radical (unpaired) electrons. The molecule has 0 aromatic heterocycles. The van der Waals surface area contributed by atoms with Crippen LogP contribution in [0.2, 0.25) is 0 Å². The average Bonchev–Trinajstić information content (AvgIpc) is 2.16. The summed E-state index contributed by atoms with van der Waals surface area (Å²) in [6.45, 7) is 5.88. The maximum absolute atomic E-state index is 12.3. The molecule has 1 aliphatic rings. The van der Waals surface area contributed by atoms with Crippen molar-refractivity contribution in [3.63, 3.8) is 0 Å². The van der Waals surface area contributed by atoms with Gasteiger partial charge in [-0.2, -0.15) is 13.2 Å². The highest BCUT2D eigenvalue weighted by atomic mass is 19.4. The van der Waals surface area contributed by atoms with Crippen molar-refractivity contribution in [3.8, 4) is 0 Å². The Hall–Kier alpha value is -0.290. The van der Waals surface area contributed by atoms with E-state index in [4.69, 9.17) is 0 Å². The maximum atomic E-state index is 12.3. The molecular formula is C14H26F3NO. The summed E-state index contributed by atoms with van der Waals surface area (Å²) >= 11 is 0. The van der Waals surface area contributed by atoms with Gasteiger partial charge >= 0.3 is 6.18 Å². The van der Waals surface area contributed by atoms with E-state index in [0.717, 1.165) is 12.8 Å². The van der Waals surface area contributed by atoms with Crippen LogP contribution >= 0.6 is 0 Å². The van der Waals surface area contributed by atoms with Crippen molar-refractivity contribution in [2.45, 2.75) is 52.3 Å². The Balaban J connectivity index is 2.55. The summed E-state index contributed by atoms with van der Waals surface area (Å²) < 4.78 is 37.0. The number of nitrogens with zero attached hydrogens (tertiary/aromatic N) is 1. The van der Waals surface area contributed by atoms with E-state index >= 15 is 0 Å². The molecule has 1 fully saturated rings. The van der Waals surface area contributed by atoms with E-state index in [1.165, 1.54) is 11.9 Å². The minimum absolute atomic E-state index is 0.0506. The normalized spacial score (nSPS) is 29.8. The Morgan fingerprint density at radius 3 is 2.21 bits per heavy atom. The van der Waals surface area contributed by atoms with Gasteiger partial charge in [0.15, 0.2) is 0 Å². The molecule has 1 N–H and O–H groups in total. The van der Waals surface area contributed by atoms with Crippen molar-refractivity contribution in [1.29, 1.82) is 0 Å². The number of aliphatic hydroxyl groups is 1. The minimum atomic E-state index is -4.17. The average molecular weight is 281 g/mol. The molecule has 0 saturated heterocycles. The topological polar surface area (TPSA) is 23.5 Å². The Labute approximate surface area is 114 Å². The zero-order valence-electron chi connectivity index (χ0n) is 12.3. The Kier molecular flexibility index (Phi) is 5.29. The summed E-state index contributed by atoms with van der Waals surface area (Å²) in [5, 5.41) is 9.99. The van der Waals surface area contributed by atoms with Gasteiger partial charge in [0.05, 0.1) is 12.6 Å². The standard InChI is InChI=1S/C14H26F3NO/c1-13(2,3)11-5-6-12(19)10(7-11)8-18(4)9-14(15,16)17/h10-12,19H,5-9H2,1-4H3. The maximum Gasteiger partial charge on any atom is 0.401 e. The Morgan fingerprint density at radius 1 is 1.16 bits per heavy atom. The number of hydrogen-bond acceptors (Lipinski definition) is 2. The molecule has 0 aromatic carbocycles. The van der Waals surface area contributed by atoms with Crippen LogP contribution in [0.5, 0.6) is 0 Å². The second-order valence-corrected chi connectivity index (χ2v) is 7.02. The largest absolute Gasteiger partial charge is 0.401 e. The summed E-state index contributed by atoms with van der Waals surface area (Å²) in [5.74, 6) is 0.422. The van der Waals surface area contributed by atoms with Crippen molar-refractivity contribution in [1.82, 2.24) is 4.90 Å². The van der Waals surface area contributed by atoms with Crippen LogP contribution in [0.15, 0.2) is 0 Å². The summed E-state index contributed by atoms with van der Waals surface area (Å²) in [4.78, 5) is 1.28. The molecule has 3 atom stereocenters. The molecule has 114 valence electrons. The molecule has 0 spiro atoms. The van der Waals surface area contributed by atoms with Gasteiger partial charge in [-0.05, 0) is 43.6 Å². The second-order valence-electron chi connectivity index (χ2n) is 7.02. The lowest BCUT2D eigenvalue weighted by Crippen LogP contribution is -2.42. The first-order valence-electron chi connectivity index (χ1n) is 6.92. The lowest BCUT2D eigenvalue weighted by Gasteiger charge is -2.41. The number of hydrogen-bond donors (Lipinski definition) is 1. The quantitative estimate of drug-likeness (QED) is 0.858. The van der Waals surface area contributed by atoms with Crippen molar-refractivity contribution >= 4 is 0 Å². The van der Waals surface area contributed by atoms with Crippen LogP contribution in [0.3, 0.4) is 0 Å². The van der Waals surface area contributed by atoms with Crippen LogP contribution in [0, 0.1) is 17.3 Å². The van der Waals surface area contributed by atoms with Gasteiger partial charge in [-0.15, -0.1) is 0 Å². The van der Waals surface area contributed by atoms with Crippen LogP contribution in [0.25, 0.3) is 0 Å². The van der Waals surface area contributed by atoms with Gasteiger partial charge < -0.3 is 5.11 Å². The fourth-order valence-corrected chi connectivity index (χ4v) is 3.00. The van der Waals surface area contributed by atoms with Crippen LogP contribution in [-0.2, 0) is 0 Å². The summed E-state index contributed by atoms with van der Waals surface area (Å²) in [6.07, 6.45) is -2.16. The lowest BCUT2D eigenvalue weighted by atomic mass is 9.68. The van der Waals surface area contributed by atoms with Crippen LogP contribution < -0.4 is 0 Å². The zero-order valence-corrected chi connectivity index (χ0v) is 12.3. The van der Waals surface area contributed by atoms with E-state index in [9.17, 15) is 18.3 Å². The smallest absolute Gasteiger partial charge is 0.393 e. The van der Waals surface area contributed by atoms with Crippen LogP contribution in [0.4, 0.5) is 13.2 Å². The predicted octanol–water partition coefficient (Wildman–Crippen LogP) is 3.30. The van der Waals surface area contributed by atoms with Gasteiger partial charge in [-0.1, -0.05) is 20.8 Å². The highest BCUT2D eigenvalue weighted by molar-refractivity contribution is 4.86. The highest BCUT2D eigenvalue weighted by Gasteiger charge is 2.37. The van der Waals surface area contributed by atoms with E-state index < -0.39 is 18.8 Å². The highest BCUT2D eigenvalue weighted by Crippen LogP contribution is 2.40. The second kappa shape index (κ2) is 6.00. The van der Waals surface area contributed by atoms with Crippen molar-refractivity contribution in [2.75, 3.05) is 20.1 Å². The number of alkyl halides is 3. The van der Waals surface area contributed by atoms with Gasteiger partial charge in [-0.25, -0.2) is 0 Å². The first-order valence-corrected chi connectivity index (χ1v) is 6.92. The summed E-state index contributed by atoms with van der Waals surface area (Å²) in [7, 11) is 1.47. The third-order valence-electron chi connectivity index (χ3n) is 4.16. The van der Waals surface area contributed by atoms with Crippen LogP contribution in [0.1, 0.15) is 40.0 Å². The first kappa shape index (κ1) is 16.8. The number of halogens is 3. The Morgan fingerprint density at radius 2 is 1.74 bits per heavy atom. The van der Waals surface area contributed by atoms with E-state index in [0.29, 0.717) is 18.9 Å².